The molecular formula is C11H24N2. The molecule has 0 aromatic heterocycles. The maximum Gasteiger partial charge on any atom is 0.0244 e. The molecule has 0 aromatic rings. The highest BCUT2D eigenvalue weighted by Gasteiger charge is 2.29. The fourth-order valence-corrected chi connectivity index (χ4v) is 2.17. The second-order valence-electron chi connectivity index (χ2n) is 4.79. The van der Waals surface area contributed by atoms with E-state index in [2.05, 4.69) is 25.7 Å². The molecule has 0 saturated carbocycles. The molecule has 1 rings (SSSR count). The van der Waals surface area contributed by atoms with Crippen molar-refractivity contribution in [2.45, 2.75) is 39.7 Å². The fourth-order valence-electron chi connectivity index (χ4n) is 2.17. The lowest BCUT2D eigenvalue weighted by atomic mass is 10.0. The third-order valence-electron chi connectivity index (χ3n) is 3.23. The minimum absolute atomic E-state index is 0.652. The average Bonchev–Trinajstić information content (AvgIpc) is 2.42. The van der Waals surface area contributed by atoms with Gasteiger partial charge in [-0.1, -0.05) is 20.8 Å². The summed E-state index contributed by atoms with van der Waals surface area (Å²) in [5.74, 6) is 1.62. The summed E-state index contributed by atoms with van der Waals surface area (Å²) < 4.78 is 0. The molecule has 0 bridgehead atoms. The van der Waals surface area contributed by atoms with Crippen molar-refractivity contribution in [3.05, 3.63) is 0 Å². The Hall–Kier alpha value is -0.0800. The molecule has 13 heavy (non-hydrogen) atoms. The van der Waals surface area contributed by atoms with Crippen molar-refractivity contribution in [1.82, 2.24) is 4.90 Å². The summed E-state index contributed by atoms with van der Waals surface area (Å²) in [5.41, 5.74) is 5.78. The maximum atomic E-state index is 5.78. The van der Waals surface area contributed by atoms with Crippen LogP contribution in [0.2, 0.25) is 0 Å². The van der Waals surface area contributed by atoms with Gasteiger partial charge in [0.1, 0.15) is 0 Å². The van der Waals surface area contributed by atoms with E-state index in [1.807, 2.05) is 0 Å². The van der Waals surface area contributed by atoms with Crippen LogP contribution in [0.15, 0.2) is 0 Å². The van der Waals surface area contributed by atoms with Crippen molar-refractivity contribution >= 4 is 0 Å². The zero-order chi connectivity index (χ0) is 9.84. The third-order valence-corrected chi connectivity index (χ3v) is 3.23. The van der Waals surface area contributed by atoms with E-state index in [9.17, 15) is 0 Å². The van der Waals surface area contributed by atoms with Crippen molar-refractivity contribution in [2.75, 3.05) is 19.6 Å². The quantitative estimate of drug-likeness (QED) is 0.720. The molecule has 2 heteroatoms. The normalized spacial score (nSPS) is 30.2. The number of hydrogen-bond acceptors (Lipinski definition) is 2. The third kappa shape index (κ3) is 2.96. The Morgan fingerprint density at radius 3 is 2.69 bits per heavy atom. The first kappa shape index (κ1) is 11.0. The van der Waals surface area contributed by atoms with Crippen molar-refractivity contribution in [1.29, 1.82) is 0 Å². The Morgan fingerprint density at radius 1 is 1.46 bits per heavy atom. The molecule has 1 aliphatic heterocycles. The maximum absolute atomic E-state index is 5.78. The Balaban J connectivity index is 2.32. The predicted octanol–water partition coefficient (Wildman–Crippen LogP) is 1.70. The monoisotopic (exact) mass is 184 g/mol. The molecule has 1 saturated heterocycles. The first-order chi connectivity index (χ1) is 6.15. The highest BCUT2D eigenvalue weighted by Crippen LogP contribution is 2.23. The van der Waals surface area contributed by atoms with Gasteiger partial charge in [0.25, 0.3) is 0 Å². The second kappa shape index (κ2) is 4.97. The molecule has 0 radical (unpaired) electrons. The fraction of sp³-hybridized carbons (Fsp3) is 1.00. The number of nitrogens with two attached hydrogens (primary N) is 1. The summed E-state index contributed by atoms with van der Waals surface area (Å²) >= 11 is 0. The summed E-state index contributed by atoms with van der Waals surface area (Å²) in [7, 11) is 0. The van der Waals surface area contributed by atoms with Gasteiger partial charge in [-0.3, -0.25) is 4.90 Å². The molecule has 1 aliphatic rings. The van der Waals surface area contributed by atoms with Crippen LogP contribution in [-0.2, 0) is 0 Å². The van der Waals surface area contributed by atoms with Gasteiger partial charge in [-0.2, -0.15) is 0 Å². The molecular weight excluding hydrogens is 160 g/mol. The van der Waals surface area contributed by atoms with Gasteiger partial charge in [0.2, 0.25) is 0 Å². The Morgan fingerprint density at radius 2 is 2.15 bits per heavy atom. The summed E-state index contributed by atoms with van der Waals surface area (Å²) in [5, 5.41) is 0. The molecule has 2 nitrogen and oxygen atoms in total. The second-order valence-corrected chi connectivity index (χ2v) is 4.79. The lowest BCUT2D eigenvalue weighted by Crippen LogP contribution is -2.39. The molecule has 1 heterocycles. The van der Waals surface area contributed by atoms with Crippen LogP contribution in [0.25, 0.3) is 0 Å². The van der Waals surface area contributed by atoms with E-state index >= 15 is 0 Å². The highest BCUT2D eigenvalue weighted by atomic mass is 15.2. The molecule has 0 aromatic carbocycles. The summed E-state index contributed by atoms with van der Waals surface area (Å²) in [6, 6.07) is 0.652. The average molecular weight is 184 g/mol. The molecule has 0 aliphatic carbocycles. The zero-order valence-corrected chi connectivity index (χ0v) is 9.29. The first-order valence-electron chi connectivity index (χ1n) is 5.59. The van der Waals surface area contributed by atoms with E-state index in [0.717, 1.165) is 18.4 Å². The van der Waals surface area contributed by atoms with E-state index in [1.165, 1.54) is 25.9 Å². The smallest absolute Gasteiger partial charge is 0.0244 e. The molecule has 2 atom stereocenters. The number of likely N-dealkylation sites (tertiary alicyclic amines) is 1. The molecule has 1 fully saturated rings. The van der Waals surface area contributed by atoms with Crippen LogP contribution >= 0.6 is 0 Å². The van der Waals surface area contributed by atoms with Crippen molar-refractivity contribution in [2.24, 2.45) is 17.6 Å². The van der Waals surface area contributed by atoms with E-state index in [1.54, 1.807) is 0 Å². The van der Waals surface area contributed by atoms with E-state index in [4.69, 9.17) is 5.73 Å². The lowest BCUT2D eigenvalue weighted by molar-refractivity contribution is 0.224. The van der Waals surface area contributed by atoms with Crippen LogP contribution in [-0.4, -0.2) is 30.6 Å². The Labute approximate surface area is 82.5 Å². The van der Waals surface area contributed by atoms with Gasteiger partial charge < -0.3 is 5.73 Å². The van der Waals surface area contributed by atoms with Crippen LogP contribution in [0.1, 0.15) is 33.6 Å². The van der Waals surface area contributed by atoms with E-state index < -0.39 is 0 Å². The summed E-state index contributed by atoms with van der Waals surface area (Å²) in [6.07, 6.45) is 2.64. The van der Waals surface area contributed by atoms with Crippen molar-refractivity contribution in [3.63, 3.8) is 0 Å². The van der Waals surface area contributed by atoms with Crippen molar-refractivity contribution in [3.8, 4) is 0 Å². The van der Waals surface area contributed by atoms with Crippen LogP contribution in [0.5, 0.6) is 0 Å². The van der Waals surface area contributed by atoms with E-state index in [0.29, 0.717) is 6.04 Å². The van der Waals surface area contributed by atoms with Gasteiger partial charge in [-0.05, 0) is 37.8 Å². The lowest BCUT2D eigenvalue weighted by Gasteiger charge is -2.26. The van der Waals surface area contributed by atoms with Crippen LogP contribution in [0, 0.1) is 11.8 Å². The summed E-state index contributed by atoms with van der Waals surface area (Å²) in [4.78, 5) is 2.57. The standard InChI is InChI=1S/C11H24N2/c1-9(2)4-6-13-7-5-10(3)11(13)8-12/h9-11H,4-8,12H2,1-3H3. The van der Waals surface area contributed by atoms with Gasteiger partial charge in [-0.15, -0.1) is 0 Å². The number of hydrogen-bond donors (Lipinski definition) is 1. The van der Waals surface area contributed by atoms with Gasteiger partial charge in [0, 0.05) is 12.6 Å². The van der Waals surface area contributed by atoms with Gasteiger partial charge in [0.05, 0.1) is 0 Å². The SMILES string of the molecule is CC(C)CCN1CCC(C)C1CN. The largest absolute Gasteiger partial charge is 0.329 e. The van der Waals surface area contributed by atoms with Gasteiger partial charge >= 0.3 is 0 Å². The highest BCUT2D eigenvalue weighted by molar-refractivity contribution is 4.85. The van der Waals surface area contributed by atoms with Crippen LogP contribution in [0.3, 0.4) is 0 Å². The predicted molar refractivity (Wildman–Crippen MR) is 57.7 cm³/mol. The first-order valence-corrected chi connectivity index (χ1v) is 5.59. The molecule has 2 N–H and O–H groups in total. The minimum atomic E-state index is 0.652. The van der Waals surface area contributed by atoms with Crippen molar-refractivity contribution < 1.29 is 0 Å². The number of nitrogens with zero attached hydrogens (tertiary/aromatic N) is 1. The molecule has 78 valence electrons. The van der Waals surface area contributed by atoms with Gasteiger partial charge in [0.15, 0.2) is 0 Å². The van der Waals surface area contributed by atoms with Crippen LogP contribution < -0.4 is 5.73 Å². The number of rotatable bonds is 4. The zero-order valence-electron chi connectivity index (χ0n) is 9.29. The summed E-state index contributed by atoms with van der Waals surface area (Å²) in [6.45, 7) is 10.2. The van der Waals surface area contributed by atoms with Gasteiger partial charge in [-0.25, -0.2) is 0 Å². The minimum Gasteiger partial charge on any atom is -0.329 e. The topological polar surface area (TPSA) is 29.3 Å². The Kier molecular flexibility index (Phi) is 4.20. The van der Waals surface area contributed by atoms with Crippen LogP contribution in [0.4, 0.5) is 0 Å². The molecule has 0 amide bonds. The molecule has 2 unspecified atom stereocenters. The van der Waals surface area contributed by atoms with E-state index in [-0.39, 0.29) is 0 Å². The Bertz CT molecular complexity index is 145. The molecule has 0 spiro atoms.